The maximum atomic E-state index is 12.9. The van der Waals surface area contributed by atoms with Gasteiger partial charge in [-0.1, -0.05) is 18.2 Å². The van der Waals surface area contributed by atoms with Crippen LogP contribution in [0.5, 0.6) is 17.2 Å². The summed E-state index contributed by atoms with van der Waals surface area (Å²) in [6.45, 7) is 6.74. The minimum Gasteiger partial charge on any atom is -0.495 e. The fourth-order valence-electron chi connectivity index (χ4n) is 3.11. The van der Waals surface area contributed by atoms with Crippen LogP contribution < -0.4 is 19.5 Å². The molecule has 0 spiro atoms. The van der Waals surface area contributed by atoms with Gasteiger partial charge in [-0.05, 0) is 74.4 Å². The summed E-state index contributed by atoms with van der Waals surface area (Å²) in [7, 11) is 1.58. The third-order valence-electron chi connectivity index (χ3n) is 4.61. The van der Waals surface area contributed by atoms with Crippen LogP contribution in [0.2, 0.25) is 0 Å². The van der Waals surface area contributed by atoms with Gasteiger partial charge in [0.15, 0.2) is 0 Å². The summed E-state index contributed by atoms with van der Waals surface area (Å²) in [5.41, 5.74) is 4.11. The van der Waals surface area contributed by atoms with E-state index in [9.17, 15) is 4.79 Å². The van der Waals surface area contributed by atoms with Crippen LogP contribution in [0.3, 0.4) is 0 Å². The van der Waals surface area contributed by atoms with Crippen LogP contribution in [-0.4, -0.2) is 19.6 Å². The Hall–Kier alpha value is -3.47. The highest BCUT2D eigenvalue weighted by Gasteiger charge is 2.14. The number of anilines is 1. The highest BCUT2D eigenvalue weighted by molar-refractivity contribution is 6.05. The molecule has 3 aromatic rings. The highest BCUT2D eigenvalue weighted by Crippen LogP contribution is 2.27. The van der Waals surface area contributed by atoms with E-state index >= 15 is 0 Å². The van der Waals surface area contributed by atoms with Gasteiger partial charge in [0.25, 0.3) is 5.91 Å². The SMILES string of the molecule is CCOc1ccc(C(=O)Nc2cc(C)ccc2OC)cc1COc1cccc(C)c1. The topological polar surface area (TPSA) is 56.8 Å². The number of benzene rings is 3. The first-order valence-electron chi connectivity index (χ1n) is 9.91. The summed E-state index contributed by atoms with van der Waals surface area (Å²) >= 11 is 0. The summed E-state index contributed by atoms with van der Waals surface area (Å²) in [4.78, 5) is 12.9. The first-order chi connectivity index (χ1) is 14.5. The molecule has 0 atom stereocenters. The molecule has 0 saturated heterocycles. The monoisotopic (exact) mass is 405 g/mol. The van der Waals surface area contributed by atoms with Gasteiger partial charge in [-0.25, -0.2) is 0 Å². The molecule has 0 radical (unpaired) electrons. The van der Waals surface area contributed by atoms with Crippen molar-refractivity contribution in [3.8, 4) is 17.2 Å². The van der Waals surface area contributed by atoms with E-state index < -0.39 is 0 Å². The van der Waals surface area contributed by atoms with Gasteiger partial charge >= 0.3 is 0 Å². The zero-order chi connectivity index (χ0) is 21.5. The Morgan fingerprint density at radius 1 is 0.900 bits per heavy atom. The van der Waals surface area contributed by atoms with E-state index in [-0.39, 0.29) is 5.91 Å². The van der Waals surface area contributed by atoms with Gasteiger partial charge < -0.3 is 19.5 Å². The Morgan fingerprint density at radius 2 is 1.67 bits per heavy atom. The number of aryl methyl sites for hydroxylation is 2. The number of amides is 1. The van der Waals surface area contributed by atoms with Crippen molar-refractivity contribution in [2.24, 2.45) is 0 Å². The van der Waals surface area contributed by atoms with Gasteiger partial charge in [0.05, 0.1) is 19.4 Å². The fraction of sp³-hybridized carbons (Fsp3) is 0.240. The van der Waals surface area contributed by atoms with E-state index in [1.165, 1.54) is 0 Å². The molecule has 0 aliphatic rings. The number of hydrogen-bond donors (Lipinski definition) is 1. The maximum Gasteiger partial charge on any atom is 0.255 e. The lowest BCUT2D eigenvalue weighted by Crippen LogP contribution is -2.14. The van der Waals surface area contributed by atoms with E-state index in [0.717, 1.165) is 22.4 Å². The summed E-state index contributed by atoms with van der Waals surface area (Å²) in [6.07, 6.45) is 0. The molecule has 0 unspecified atom stereocenters. The van der Waals surface area contributed by atoms with Crippen LogP contribution >= 0.6 is 0 Å². The first kappa shape index (κ1) is 21.2. The minimum absolute atomic E-state index is 0.223. The molecule has 0 aromatic heterocycles. The number of ether oxygens (including phenoxy) is 3. The van der Waals surface area contributed by atoms with Gasteiger partial charge in [0.1, 0.15) is 23.9 Å². The summed E-state index contributed by atoms with van der Waals surface area (Å²) < 4.78 is 17.0. The Bertz CT molecular complexity index is 1030. The van der Waals surface area contributed by atoms with Crippen molar-refractivity contribution in [2.45, 2.75) is 27.4 Å². The van der Waals surface area contributed by atoms with Crippen LogP contribution in [0.25, 0.3) is 0 Å². The largest absolute Gasteiger partial charge is 0.495 e. The molecule has 0 saturated carbocycles. The molecule has 3 aromatic carbocycles. The molecular formula is C25H27NO4. The van der Waals surface area contributed by atoms with Gasteiger partial charge in [0, 0.05) is 11.1 Å². The average molecular weight is 405 g/mol. The average Bonchev–Trinajstić information content (AvgIpc) is 2.73. The number of methoxy groups -OCH3 is 1. The molecule has 5 nitrogen and oxygen atoms in total. The summed E-state index contributed by atoms with van der Waals surface area (Å²) in [6, 6.07) is 18.9. The van der Waals surface area contributed by atoms with Crippen molar-refractivity contribution < 1.29 is 19.0 Å². The Morgan fingerprint density at radius 3 is 2.40 bits per heavy atom. The zero-order valence-corrected chi connectivity index (χ0v) is 17.8. The van der Waals surface area contributed by atoms with Crippen molar-refractivity contribution in [2.75, 3.05) is 19.0 Å². The number of carbonyl (C=O) groups is 1. The Labute approximate surface area is 177 Å². The lowest BCUT2D eigenvalue weighted by molar-refractivity contribution is 0.102. The molecule has 0 aliphatic carbocycles. The van der Waals surface area contributed by atoms with Crippen molar-refractivity contribution in [3.63, 3.8) is 0 Å². The van der Waals surface area contributed by atoms with Crippen LogP contribution in [0.1, 0.15) is 34.0 Å². The summed E-state index contributed by atoms with van der Waals surface area (Å²) in [5, 5.41) is 2.93. The molecule has 3 rings (SSSR count). The molecule has 1 amide bonds. The van der Waals surface area contributed by atoms with Gasteiger partial charge in [0.2, 0.25) is 0 Å². The predicted octanol–water partition coefficient (Wildman–Crippen LogP) is 5.54. The first-order valence-corrected chi connectivity index (χ1v) is 9.91. The molecule has 0 aliphatic heterocycles. The van der Waals surface area contributed by atoms with Gasteiger partial charge in [-0.3, -0.25) is 4.79 Å². The molecule has 0 fully saturated rings. The third kappa shape index (κ3) is 5.32. The number of nitrogens with one attached hydrogen (secondary N) is 1. The second kappa shape index (κ2) is 9.83. The zero-order valence-electron chi connectivity index (χ0n) is 17.8. The molecule has 0 heterocycles. The van der Waals surface area contributed by atoms with Crippen molar-refractivity contribution in [3.05, 3.63) is 82.9 Å². The van der Waals surface area contributed by atoms with Gasteiger partial charge in [-0.15, -0.1) is 0 Å². The van der Waals surface area contributed by atoms with E-state index in [2.05, 4.69) is 5.32 Å². The van der Waals surface area contributed by atoms with E-state index in [0.29, 0.717) is 36.0 Å². The van der Waals surface area contributed by atoms with E-state index in [4.69, 9.17) is 14.2 Å². The van der Waals surface area contributed by atoms with Crippen LogP contribution in [0.4, 0.5) is 5.69 Å². The van der Waals surface area contributed by atoms with E-state index in [1.807, 2.05) is 63.2 Å². The van der Waals surface area contributed by atoms with Crippen LogP contribution in [0, 0.1) is 13.8 Å². The minimum atomic E-state index is -0.223. The Balaban J connectivity index is 1.82. The molecular weight excluding hydrogens is 378 g/mol. The number of rotatable bonds is 8. The summed E-state index contributed by atoms with van der Waals surface area (Å²) in [5.74, 6) is 1.87. The van der Waals surface area contributed by atoms with Crippen LogP contribution in [0.15, 0.2) is 60.7 Å². The molecule has 30 heavy (non-hydrogen) atoms. The standard InChI is InChI=1S/C25H27NO4/c1-5-29-23-12-10-19(15-20(23)16-30-21-8-6-7-17(2)13-21)25(27)26-22-14-18(3)9-11-24(22)28-4/h6-15H,5,16H2,1-4H3,(H,26,27). The molecule has 1 N–H and O–H groups in total. The van der Waals surface area contributed by atoms with E-state index in [1.54, 1.807) is 25.3 Å². The van der Waals surface area contributed by atoms with Gasteiger partial charge in [-0.2, -0.15) is 0 Å². The predicted molar refractivity (Wildman–Crippen MR) is 119 cm³/mol. The van der Waals surface area contributed by atoms with Crippen molar-refractivity contribution in [1.29, 1.82) is 0 Å². The lowest BCUT2D eigenvalue weighted by atomic mass is 10.1. The quantitative estimate of drug-likeness (QED) is 0.534. The maximum absolute atomic E-state index is 12.9. The van der Waals surface area contributed by atoms with Crippen molar-refractivity contribution >= 4 is 11.6 Å². The second-order valence-corrected chi connectivity index (χ2v) is 7.02. The molecule has 0 bridgehead atoms. The fourth-order valence-corrected chi connectivity index (χ4v) is 3.11. The van der Waals surface area contributed by atoms with Crippen LogP contribution in [-0.2, 0) is 6.61 Å². The lowest BCUT2D eigenvalue weighted by Gasteiger charge is -2.15. The smallest absolute Gasteiger partial charge is 0.255 e. The highest BCUT2D eigenvalue weighted by atomic mass is 16.5. The number of carbonyl (C=O) groups excluding carboxylic acids is 1. The Kier molecular flexibility index (Phi) is 6.96. The van der Waals surface area contributed by atoms with Crippen molar-refractivity contribution in [1.82, 2.24) is 0 Å². The normalized spacial score (nSPS) is 10.4. The molecule has 156 valence electrons. The third-order valence-corrected chi connectivity index (χ3v) is 4.61. The second-order valence-electron chi connectivity index (χ2n) is 7.02. The number of hydrogen-bond acceptors (Lipinski definition) is 4. The molecule has 5 heteroatoms.